The Balaban J connectivity index is 1.91. The molecule has 122 valence electrons. The molecule has 3 N–H and O–H groups in total. The molecule has 1 aromatic carbocycles. The van der Waals surface area contributed by atoms with E-state index < -0.39 is 23.4 Å². The van der Waals surface area contributed by atoms with Crippen molar-refractivity contribution in [3.05, 3.63) is 35.9 Å². The van der Waals surface area contributed by atoms with Crippen molar-refractivity contribution in [1.82, 2.24) is 0 Å². The number of carbonyl (C=O) groups excluding carboxylic acids is 1. The van der Waals surface area contributed by atoms with Gasteiger partial charge in [-0.15, -0.1) is 0 Å². The minimum absolute atomic E-state index is 0.0208. The normalized spacial score (nSPS) is 35.3. The zero-order valence-electron chi connectivity index (χ0n) is 13.0. The minimum atomic E-state index is -1.66. The summed E-state index contributed by atoms with van der Waals surface area (Å²) in [6.45, 7) is 2.68. The van der Waals surface area contributed by atoms with Crippen LogP contribution in [0.15, 0.2) is 30.3 Å². The molecule has 5 nitrogen and oxygen atoms in total. The maximum atomic E-state index is 12.1. The van der Waals surface area contributed by atoms with Gasteiger partial charge in [-0.1, -0.05) is 30.3 Å². The van der Waals surface area contributed by atoms with Gasteiger partial charge in [-0.3, -0.25) is 4.79 Å². The lowest BCUT2D eigenvalue weighted by Crippen LogP contribution is -2.66. The van der Waals surface area contributed by atoms with Crippen LogP contribution in [0.2, 0.25) is 0 Å². The van der Waals surface area contributed by atoms with E-state index in [1.165, 1.54) is 13.8 Å². The number of carbonyl (C=O) groups is 1. The Morgan fingerprint density at radius 1 is 1.27 bits per heavy atom. The van der Waals surface area contributed by atoms with Gasteiger partial charge in [0, 0.05) is 12.8 Å². The summed E-state index contributed by atoms with van der Waals surface area (Å²) in [6.07, 6.45) is -1.17. The molecule has 1 aromatic rings. The Morgan fingerprint density at radius 2 is 1.91 bits per heavy atom. The number of ether oxygens (including phenoxy) is 1. The van der Waals surface area contributed by atoms with Gasteiger partial charge in [-0.05, 0) is 25.8 Å². The molecular formula is C17H24O5. The van der Waals surface area contributed by atoms with Crippen LogP contribution in [0.1, 0.15) is 32.3 Å². The van der Waals surface area contributed by atoms with E-state index in [0.717, 1.165) is 5.56 Å². The molecule has 22 heavy (non-hydrogen) atoms. The maximum Gasteiger partial charge on any atom is 0.135 e. The number of aliphatic hydroxyl groups is 3. The second-order valence-corrected chi connectivity index (χ2v) is 6.51. The van der Waals surface area contributed by atoms with Gasteiger partial charge >= 0.3 is 0 Å². The van der Waals surface area contributed by atoms with Crippen LogP contribution in [0, 0.1) is 0 Å². The number of aliphatic hydroxyl groups excluding tert-OH is 1. The van der Waals surface area contributed by atoms with E-state index in [1.807, 2.05) is 30.3 Å². The lowest BCUT2D eigenvalue weighted by atomic mass is 9.78. The number of benzene rings is 1. The summed E-state index contributed by atoms with van der Waals surface area (Å²) in [5.74, 6) is -0.0390. The largest absolute Gasteiger partial charge is 0.387 e. The first kappa shape index (κ1) is 17.1. The highest BCUT2D eigenvalue weighted by Gasteiger charge is 2.53. The molecule has 0 amide bonds. The van der Waals surface area contributed by atoms with Crippen molar-refractivity contribution in [1.29, 1.82) is 0 Å². The van der Waals surface area contributed by atoms with Crippen LogP contribution in [-0.4, -0.2) is 51.1 Å². The number of aryl methyl sites for hydroxylation is 1. The average molecular weight is 308 g/mol. The number of hydrogen-bond acceptors (Lipinski definition) is 5. The highest BCUT2D eigenvalue weighted by Crippen LogP contribution is 2.33. The molecule has 5 heteroatoms. The Labute approximate surface area is 130 Å². The first-order valence-corrected chi connectivity index (χ1v) is 7.53. The van der Waals surface area contributed by atoms with Gasteiger partial charge in [0.05, 0.1) is 12.7 Å². The third-order valence-corrected chi connectivity index (χ3v) is 4.32. The van der Waals surface area contributed by atoms with Crippen molar-refractivity contribution in [2.24, 2.45) is 0 Å². The van der Waals surface area contributed by atoms with Gasteiger partial charge in [0.2, 0.25) is 0 Å². The number of hydrogen-bond donors (Lipinski definition) is 3. The quantitative estimate of drug-likeness (QED) is 0.750. The standard InChI is InChI=1S/C17H24O5/c1-16(20)11-22-14(17(2,21)15(16)19)10-13(18)9-8-12-6-4-3-5-7-12/h3-7,14-15,19-21H,8-11H2,1-2H3/t14?,15-,16+,17+/m0/s1. The van der Waals surface area contributed by atoms with Gasteiger partial charge in [-0.2, -0.15) is 0 Å². The van der Waals surface area contributed by atoms with Crippen molar-refractivity contribution in [3.63, 3.8) is 0 Å². The molecule has 1 saturated heterocycles. The molecule has 0 aromatic heterocycles. The van der Waals surface area contributed by atoms with E-state index in [-0.39, 0.29) is 18.8 Å². The molecule has 0 radical (unpaired) electrons. The molecule has 0 spiro atoms. The van der Waals surface area contributed by atoms with Crippen LogP contribution in [0.25, 0.3) is 0 Å². The van der Waals surface area contributed by atoms with Gasteiger partial charge in [-0.25, -0.2) is 0 Å². The molecule has 1 aliphatic heterocycles. The summed E-state index contributed by atoms with van der Waals surface area (Å²) in [7, 11) is 0. The third-order valence-electron chi connectivity index (χ3n) is 4.32. The van der Waals surface area contributed by atoms with Crippen LogP contribution < -0.4 is 0 Å². The highest BCUT2D eigenvalue weighted by atomic mass is 16.5. The maximum absolute atomic E-state index is 12.1. The molecule has 0 bridgehead atoms. The summed E-state index contributed by atoms with van der Waals surface area (Å²) >= 11 is 0. The fourth-order valence-corrected chi connectivity index (χ4v) is 2.83. The summed E-state index contributed by atoms with van der Waals surface area (Å²) in [5.41, 5.74) is -2.10. The molecule has 1 aliphatic rings. The van der Waals surface area contributed by atoms with Crippen LogP contribution in [-0.2, 0) is 16.0 Å². The van der Waals surface area contributed by atoms with Gasteiger partial charge in [0.1, 0.15) is 23.1 Å². The van der Waals surface area contributed by atoms with Crippen LogP contribution in [0.4, 0.5) is 0 Å². The van der Waals surface area contributed by atoms with E-state index in [1.54, 1.807) is 0 Å². The van der Waals surface area contributed by atoms with E-state index >= 15 is 0 Å². The Bertz CT molecular complexity index is 509. The number of rotatable bonds is 5. The molecule has 0 aliphatic carbocycles. The van der Waals surface area contributed by atoms with Gasteiger partial charge < -0.3 is 20.1 Å². The SMILES string of the molecule is C[C@@]1(O)COC(CC(=O)CCc2ccccc2)[C@@](C)(O)[C@H]1O. The predicted octanol–water partition coefficient (Wildman–Crippen LogP) is 0.840. The Hall–Kier alpha value is -1.27. The summed E-state index contributed by atoms with van der Waals surface area (Å²) in [6, 6.07) is 9.69. The highest BCUT2D eigenvalue weighted by molar-refractivity contribution is 5.79. The molecule has 0 saturated carbocycles. The van der Waals surface area contributed by atoms with Crippen molar-refractivity contribution >= 4 is 5.78 Å². The van der Waals surface area contributed by atoms with Crippen molar-refractivity contribution in [2.75, 3.05) is 6.61 Å². The number of ketones is 1. The zero-order valence-corrected chi connectivity index (χ0v) is 13.0. The van der Waals surface area contributed by atoms with Crippen molar-refractivity contribution < 1.29 is 24.9 Å². The van der Waals surface area contributed by atoms with Crippen molar-refractivity contribution in [3.8, 4) is 0 Å². The van der Waals surface area contributed by atoms with E-state index in [2.05, 4.69) is 0 Å². The Morgan fingerprint density at radius 3 is 2.55 bits per heavy atom. The molecule has 1 unspecified atom stereocenters. The first-order valence-electron chi connectivity index (χ1n) is 7.53. The smallest absolute Gasteiger partial charge is 0.135 e. The third kappa shape index (κ3) is 3.73. The van der Waals surface area contributed by atoms with E-state index in [9.17, 15) is 20.1 Å². The summed E-state index contributed by atoms with van der Waals surface area (Å²) in [5, 5.41) is 30.4. The Kier molecular flexibility index (Phi) is 5.02. The molecular weight excluding hydrogens is 284 g/mol. The average Bonchev–Trinajstić information content (AvgIpc) is 2.48. The predicted molar refractivity (Wildman–Crippen MR) is 81.4 cm³/mol. The van der Waals surface area contributed by atoms with Crippen LogP contribution in [0.3, 0.4) is 0 Å². The van der Waals surface area contributed by atoms with Gasteiger partial charge in [0.15, 0.2) is 0 Å². The summed E-state index contributed by atoms with van der Waals surface area (Å²) < 4.78 is 5.42. The fraction of sp³-hybridized carbons (Fsp3) is 0.588. The second kappa shape index (κ2) is 6.46. The molecule has 4 atom stereocenters. The first-order chi connectivity index (χ1) is 10.2. The van der Waals surface area contributed by atoms with Crippen LogP contribution in [0.5, 0.6) is 0 Å². The lowest BCUT2D eigenvalue weighted by Gasteiger charge is -2.47. The second-order valence-electron chi connectivity index (χ2n) is 6.51. The lowest BCUT2D eigenvalue weighted by molar-refractivity contribution is -0.268. The van der Waals surface area contributed by atoms with E-state index in [4.69, 9.17) is 4.74 Å². The topological polar surface area (TPSA) is 87.0 Å². The summed E-state index contributed by atoms with van der Waals surface area (Å²) in [4.78, 5) is 12.1. The zero-order chi connectivity index (χ0) is 16.4. The molecule has 1 heterocycles. The van der Waals surface area contributed by atoms with Crippen LogP contribution >= 0.6 is 0 Å². The molecule has 1 fully saturated rings. The van der Waals surface area contributed by atoms with Crippen molar-refractivity contribution in [2.45, 2.75) is 56.5 Å². The monoisotopic (exact) mass is 308 g/mol. The van der Waals surface area contributed by atoms with E-state index in [0.29, 0.717) is 12.8 Å². The van der Waals surface area contributed by atoms with Gasteiger partial charge in [0.25, 0.3) is 0 Å². The molecule has 2 rings (SSSR count). The fourth-order valence-electron chi connectivity index (χ4n) is 2.83. The minimum Gasteiger partial charge on any atom is -0.387 e. The number of Topliss-reactive ketones (excluding diaryl/α,β-unsaturated/α-hetero) is 1.